The van der Waals surface area contributed by atoms with Crippen molar-refractivity contribution in [3.63, 3.8) is 0 Å². The molecule has 3 nitrogen and oxygen atoms in total. The van der Waals surface area contributed by atoms with Gasteiger partial charge in [-0.25, -0.2) is 0 Å². The Morgan fingerprint density at radius 1 is 1.33 bits per heavy atom. The van der Waals surface area contributed by atoms with Crippen molar-refractivity contribution in [2.45, 2.75) is 12.3 Å². The summed E-state index contributed by atoms with van der Waals surface area (Å²) in [6.07, 6.45) is -5.55. The number of aliphatic hydroxyl groups is 1. The summed E-state index contributed by atoms with van der Waals surface area (Å²) >= 11 is 11.5. The summed E-state index contributed by atoms with van der Waals surface area (Å²) < 4.78 is 35.3. The van der Waals surface area contributed by atoms with Crippen LogP contribution in [-0.2, 0) is 4.84 Å². The molecule has 0 aliphatic carbocycles. The van der Waals surface area contributed by atoms with Crippen molar-refractivity contribution >= 4 is 23.2 Å². The Kier molecular flexibility index (Phi) is 5.68. The molecule has 102 valence electrons. The van der Waals surface area contributed by atoms with E-state index < -0.39 is 18.9 Å². The number of hydrogen-bond donors (Lipinski definition) is 2. The molecule has 0 saturated carbocycles. The molecule has 1 aromatic rings. The lowest BCUT2D eigenvalue weighted by atomic mass is 10.1. The zero-order valence-electron chi connectivity index (χ0n) is 8.97. The summed E-state index contributed by atoms with van der Waals surface area (Å²) in [4.78, 5) is 4.15. The maximum absolute atomic E-state index is 11.8. The normalized spacial score (nSPS) is 13.7. The molecule has 1 aromatic carbocycles. The summed E-state index contributed by atoms with van der Waals surface area (Å²) in [5, 5.41) is 10.3. The molecular weight excluding hydrogens is 294 g/mol. The number of benzene rings is 1. The predicted molar refractivity (Wildman–Crippen MR) is 61.4 cm³/mol. The Balaban J connectivity index is 2.45. The van der Waals surface area contributed by atoms with E-state index in [9.17, 15) is 18.3 Å². The average Bonchev–Trinajstić information content (AvgIpc) is 2.26. The third-order valence-corrected chi connectivity index (χ3v) is 2.51. The van der Waals surface area contributed by atoms with E-state index in [2.05, 4.69) is 4.84 Å². The maximum atomic E-state index is 11.8. The first-order chi connectivity index (χ1) is 8.29. The van der Waals surface area contributed by atoms with Gasteiger partial charge in [-0.15, -0.1) is 0 Å². The Hall–Kier alpha value is -0.530. The largest absolute Gasteiger partial charge is 0.413 e. The minimum atomic E-state index is -4.42. The molecule has 0 spiro atoms. The number of hydroxylamine groups is 1. The van der Waals surface area contributed by atoms with Crippen LogP contribution in [0.25, 0.3) is 0 Å². The number of nitrogens with one attached hydrogen (secondary N) is 1. The van der Waals surface area contributed by atoms with Gasteiger partial charge in [0.1, 0.15) is 0 Å². The molecule has 0 saturated heterocycles. The van der Waals surface area contributed by atoms with Gasteiger partial charge in [0.15, 0.2) is 6.61 Å². The van der Waals surface area contributed by atoms with Crippen molar-refractivity contribution < 1.29 is 23.1 Å². The minimum absolute atomic E-state index is 0.240. The van der Waals surface area contributed by atoms with E-state index in [1.54, 1.807) is 0 Å². The van der Waals surface area contributed by atoms with Gasteiger partial charge in [-0.2, -0.15) is 18.7 Å². The zero-order chi connectivity index (χ0) is 13.8. The second-order valence-corrected chi connectivity index (χ2v) is 4.28. The quantitative estimate of drug-likeness (QED) is 0.649. The summed E-state index contributed by atoms with van der Waals surface area (Å²) in [6, 6.07) is 4.45. The van der Waals surface area contributed by atoms with Gasteiger partial charge >= 0.3 is 6.18 Å². The van der Waals surface area contributed by atoms with Gasteiger partial charge in [-0.3, -0.25) is 4.84 Å². The van der Waals surface area contributed by atoms with Gasteiger partial charge in [-0.1, -0.05) is 23.2 Å². The van der Waals surface area contributed by atoms with Gasteiger partial charge < -0.3 is 5.11 Å². The molecule has 0 aromatic heterocycles. The Morgan fingerprint density at radius 2 is 2.00 bits per heavy atom. The van der Waals surface area contributed by atoms with Gasteiger partial charge in [-0.05, 0) is 18.2 Å². The van der Waals surface area contributed by atoms with Crippen LogP contribution >= 0.6 is 23.2 Å². The monoisotopic (exact) mass is 303 g/mol. The van der Waals surface area contributed by atoms with Crippen LogP contribution in [0.1, 0.15) is 11.7 Å². The van der Waals surface area contributed by atoms with Crippen molar-refractivity contribution in [2.75, 3.05) is 13.2 Å². The molecule has 0 bridgehead atoms. The third kappa shape index (κ3) is 5.41. The van der Waals surface area contributed by atoms with Crippen LogP contribution in [0.4, 0.5) is 13.2 Å². The number of aliphatic hydroxyl groups excluding tert-OH is 1. The van der Waals surface area contributed by atoms with Gasteiger partial charge in [0.2, 0.25) is 0 Å². The molecule has 8 heteroatoms. The van der Waals surface area contributed by atoms with Crippen LogP contribution in [0.15, 0.2) is 18.2 Å². The summed E-state index contributed by atoms with van der Waals surface area (Å²) in [5.41, 5.74) is 2.33. The first-order valence-corrected chi connectivity index (χ1v) is 5.59. The molecule has 0 aliphatic rings. The summed E-state index contributed by atoms with van der Waals surface area (Å²) in [7, 11) is 0. The van der Waals surface area contributed by atoms with Crippen molar-refractivity contribution in [3.8, 4) is 0 Å². The predicted octanol–water partition coefficient (Wildman–Crippen LogP) is 3.11. The standard InChI is InChI=1S/C10H10Cl2F3NO2/c11-6-1-2-8(12)7(3-6)9(17)4-16-18-5-10(13,14)15/h1-3,9,16-17H,4-5H2. The molecule has 1 rings (SSSR count). The molecule has 2 N–H and O–H groups in total. The fraction of sp³-hybridized carbons (Fsp3) is 0.400. The highest BCUT2D eigenvalue weighted by atomic mass is 35.5. The van der Waals surface area contributed by atoms with E-state index in [0.717, 1.165) is 0 Å². The topological polar surface area (TPSA) is 41.5 Å². The number of hydrogen-bond acceptors (Lipinski definition) is 3. The van der Waals surface area contributed by atoms with Gasteiger partial charge in [0, 0.05) is 15.6 Å². The highest BCUT2D eigenvalue weighted by Gasteiger charge is 2.27. The van der Waals surface area contributed by atoms with Gasteiger partial charge in [0.25, 0.3) is 0 Å². The van der Waals surface area contributed by atoms with Crippen LogP contribution in [0, 0.1) is 0 Å². The zero-order valence-corrected chi connectivity index (χ0v) is 10.5. The third-order valence-electron chi connectivity index (χ3n) is 1.93. The lowest BCUT2D eigenvalue weighted by Gasteiger charge is -2.14. The van der Waals surface area contributed by atoms with Gasteiger partial charge in [0.05, 0.1) is 12.6 Å². The molecule has 0 heterocycles. The Morgan fingerprint density at radius 3 is 2.61 bits per heavy atom. The highest BCUT2D eigenvalue weighted by Crippen LogP contribution is 2.26. The fourth-order valence-corrected chi connectivity index (χ4v) is 1.57. The van der Waals surface area contributed by atoms with Crippen LogP contribution in [0.5, 0.6) is 0 Å². The van der Waals surface area contributed by atoms with Crippen LogP contribution in [0.3, 0.4) is 0 Å². The molecule has 18 heavy (non-hydrogen) atoms. The lowest BCUT2D eigenvalue weighted by Crippen LogP contribution is -2.28. The second-order valence-electron chi connectivity index (χ2n) is 3.43. The summed E-state index contributed by atoms with van der Waals surface area (Å²) in [5.74, 6) is 0. The van der Waals surface area contributed by atoms with E-state index in [1.165, 1.54) is 18.2 Å². The molecule has 0 amide bonds. The number of rotatable bonds is 5. The molecule has 0 aliphatic heterocycles. The molecule has 1 atom stereocenters. The van der Waals surface area contributed by atoms with E-state index >= 15 is 0 Å². The van der Waals surface area contributed by atoms with Crippen molar-refractivity contribution in [1.82, 2.24) is 5.48 Å². The second kappa shape index (κ2) is 6.58. The SMILES string of the molecule is OC(CNOCC(F)(F)F)c1cc(Cl)ccc1Cl. The van der Waals surface area contributed by atoms with E-state index in [0.29, 0.717) is 10.6 Å². The smallest absolute Gasteiger partial charge is 0.387 e. The fourth-order valence-electron chi connectivity index (χ4n) is 1.15. The maximum Gasteiger partial charge on any atom is 0.413 e. The van der Waals surface area contributed by atoms with Crippen LogP contribution in [0.2, 0.25) is 10.0 Å². The Labute approximate surface area is 111 Å². The number of alkyl halides is 3. The van der Waals surface area contributed by atoms with Crippen molar-refractivity contribution in [2.24, 2.45) is 0 Å². The van der Waals surface area contributed by atoms with E-state index in [-0.39, 0.29) is 11.6 Å². The highest BCUT2D eigenvalue weighted by molar-refractivity contribution is 6.33. The molecular formula is C10H10Cl2F3NO2. The van der Waals surface area contributed by atoms with E-state index in [4.69, 9.17) is 23.2 Å². The first-order valence-electron chi connectivity index (χ1n) is 4.84. The number of halogens is 5. The molecule has 0 fully saturated rings. The van der Waals surface area contributed by atoms with Crippen molar-refractivity contribution in [1.29, 1.82) is 0 Å². The van der Waals surface area contributed by atoms with E-state index in [1.807, 2.05) is 5.48 Å². The summed E-state index contributed by atoms with van der Waals surface area (Å²) in [6.45, 7) is -1.68. The lowest BCUT2D eigenvalue weighted by molar-refractivity contribution is -0.191. The molecule has 1 unspecified atom stereocenters. The van der Waals surface area contributed by atoms with Crippen LogP contribution in [-0.4, -0.2) is 24.4 Å². The van der Waals surface area contributed by atoms with Crippen molar-refractivity contribution in [3.05, 3.63) is 33.8 Å². The Bertz CT molecular complexity index is 401. The molecule has 0 radical (unpaired) electrons. The average molecular weight is 304 g/mol. The van der Waals surface area contributed by atoms with Crippen LogP contribution < -0.4 is 5.48 Å². The minimum Gasteiger partial charge on any atom is -0.387 e. The first kappa shape index (κ1) is 15.5.